The van der Waals surface area contributed by atoms with E-state index in [2.05, 4.69) is 0 Å². The Labute approximate surface area is 109 Å². The van der Waals surface area contributed by atoms with Crippen LogP contribution in [0.2, 0.25) is 0 Å². The summed E-state index contributed by atoms with van der Waals surface area (Å²) >= 11 is 0. The lowest BCUT2D eigenvalue weighted by molar-refractivity contribution is 0.0335. The molecule has 0 spiro atoms. The minimum absolute atomic E-state index is 0.209. The monoisotopic (exact) mass is 248 g/mol. The predicted molar refractivity (Wildman–Crippen MR) is 71.2 cm³/mol. The molecule has 2 aliphatic carbocycles. The first kappa shape index (κ1) is 12.3. The van der Waals surface area contributed by atoms with Gasteiger partial charge < -0.3 is 9.52 Å². The third kappa shape index (κ3) is 2.64. The maximum absolute atomic E-state index is 10.4. The molecular formula is C16H24O2. The van der Waals surface area contributed by atoms with Crippen LogP contribution in [0.1, 0.15) is 50.7 Å². The maximum Gasteiger partial charge on any atom is 0.106 e. The van der Waals surface area contributed by atoms with Crippen LogP contribution >= 0.6 is 0 Å². The fraction of sp³-hybridized carbons (Fsp3) is 0.750. The van der Waals surface area contributed by atoms with Crippen LogP contribution in [-0.4, -0.2) is 11.2 Å². The van der Waals surface area contributed by atoms with Crippen LogP contribution in [0, 0.1) is 17.8 Å². The van der Waals surface area contributed by atoms with Crippen molar-refractivity contribution in [2.75, 3.05) is 0 Å². The third-order valence-electron chi connectivity index (χ3n) is 5.11. The number of aliphatic hydroxyl groups excluding tert-OH is 1. The van der Waals surface area contributed by atoms with Crippen LogP contribution in [0.25, 0.3) is 0 Å². The van der Waals surface area contributed by atoms with Gasteiger partial charge in [0.05, 0.1) is 12.4 Å². The minimum Gasteiger partial charge on any atom is -0.469 e. The van der Waals surface area contributed by atoms with Gasteiger partial charge in [-0.05, 0) is 49.1 Å². The zero-order chi connectivity index (χ0) is 12.4. The smallest absolute Gasteiger partial charge is 0.106 e. The van der Waals surface area contributed by atoms with Crippen LogP contribution < -0.4 is 0 Å². The van der Waals surface area contributed by atoms with Crippen LogP contribution in [0.5, 0.6) is 0 Å². The Kier molecular flexibility index (Phi) is 3.74. The lowest BCUT2D eigenvalue weighted by atomic mass is 9.66. The summed E-state index contributed by atoms with van der Waals surface area (Å²) in [5.41, 5.74) is 0. The highest BCUT2D eigenvalue weighted by molar-refractivity contribution is 5.00. The average Bonchev–Trinajstić information content (AvgIpc) is 2.91. The van der Waals surface area contributed by atoms with Crippen LogP contribution in [0.4, 0.5) is 0 Å². The number of furan rings is 1. The molecule has 1 N–H and O–H groups in total. The Morgan fingerprint density at radius 2 is 2.00 bits per heavy atom. The summed E-state index contributed by atoms with van der Waals surface area (Å²) in [6, 6.07) is 3.87. The fourth-order valence-electron chi connectivity index (χ4n) is 4.06. The molecule has 3 rings (SSSR count). The van der Waals surface area contributed by atoms with Crippen LogP contribution in [0.15, 0.2) is 22.8 Å². The number of aliphatic hydroxyl groups is 1. The highest BCUT2D eigenvalue weighted by Crippen LogP contribution is 2.43. The van der Waals surface area contributed by atoms with E-state index in [1.165, 1.54) is 44.9 Å². The largest absolute Gasteiger partial charge is 0.469 e. The molecule has 2 heteroatoms. The molecule has 0 bridgehead atoms. The number of fused-ring (bicyclic) bond motifs is 1. The van der Waals surface area contributed by atoms with Crippen molar-refractivity contribution in [1.82, 2.24) is 0 Å². The van der Waals surface area contributed by atoms with E-state index >= 15 is 0 Å². The van der Waals surface area contributed by atoms with Crippen molar-refractivity contribution in [3.8, 4) is 0 Å². The van der Waals surface area contributed by atoms with Crippen molar-refractivity contribution < 1.29 is 9.52 Å². The standard InChI is InChI=1S/C16H24O2/c17-16(11-15-6-3-9-18-15)14-8-7-12-4-1-2-5-13(12)10-14/h3,6,9,12-14,16-17H,1-2,4-5,7-8,10-11H2. The first-order valence-corrected chi connectivity index (χ1v) is 7.53. The van der Waals surface area contributed by atoms with Gasteiger partial charge in [0.15, 0.2) is 0 Å². The third-order valence-corrected chi connectivity index (χ3v) is 5.11. The van der Waals surface area contributed by atoms with Gasteiger partial charge in [0.2, 0.25) is 0 Å². The molecule has 4 atom stereocenters. The molecule has 18 heavy (non-hydrogen) atoms. The van der Waals surface area contributed by atoms with E-state index in [9.17, 15) is 5.11 Å². The van der Waals surface area contributed by atoms with Gasteiger partial charge >= 0.3 is 0 Å². The lowest BCUT2D eigenvalue weighted by Crippen LogP contribution is -2.34. The zero-order valence-electron chi connectivity index (χ0n) is 11.1. The van der Waals surface area contributed by atoms with E-state index in [-0.39, 0.29) is 6.10 Å². The quantitative estimate of drug-likeness (QED) is 0.883. The van der Waals surface area contributed by atoms with Crippen LogP contribution in [-0.2, 0) is 6.42 Å². The van der Waals surface area contributed by atoms with Gasteiger partial charge in [0.25, 0.3) is 0 Å². The van der Waals surface area contributed by atoms with Crippen molar-refractivity contribution in [3.05, 3.63) is 24.2 Å². The number of hydrogen-bond donors (Lipinski definition) is 1. The molecule has 4 unspecified atom stereocenters. The maximum atomic E-state index is 10.4. The molecule has 1 aromatic rings. The van der Waals surface area contributed by atoms with Gasteiger partial charge in [0, 0.05) is 6.42 Å². The molecule has 2 saturated carbocycles. The number of hydrogen-bond acceptors (Lipinski definition) is 2. The molecule has 1 aromatic heterocycles. The second-order valence-electron chi connectivity index (χ2n) is 6.23. The van der Waals surface area contributed by atoms with Crippen molar-refractivity contribution in [1.29, 1.82) is 0 Å². The molecule has 0 aromatic carbocycles. The van der Waals surface area contributed by atoms with Crippen molar-refractivity contribution in [2.24, 2.45) is 17.8 Å². The molecule has 0 radical (unpaired) electrons. The summed E-state index contributed by atoms with van der Waals surface area (Å²) in [5.74, 6) is 3.28. The summed E-state index contributed by atoms with van der Waals surface area (Å²) in [5, 5.41) is 10.4. The van der Waals surface area contributed by atoms with Crippen molar-refractivity contribution >= 4 is 0 Å². The summed E-state index contributed by atoms with van der Waals surface area (Å²) in [7, 11) is 0. The van der Waals surface area contributed by atoms with Gasteiger partial charge in [-0.1, -0.05) is 25.7 Å². The van der Waals surface area contributed by atoms with Crippen LogP contribution in [0.3, 0.4) is 0 Å². The van der Waals surface area contributed by atoms with Crippen molar-refractivity contribution in [3.63, 3.8) is 0 Å². The molecule has 2 fully saturated rings. The van der Waals surface area contributed by atoms with Gasteiger partial charge in [-0.2, -0.15) is 0 Å². The molecule has 1 heterocycles. The molecule has 0 amide bonds. The van der Waals surface area contributed by atoms with Gasteiger partial charge in [0.1, 0.15) is 5.76 Å². The normalized spacial score (nSPS) is 33.9. The molecular weight excluding hydrogens is 224 g/mol. The molecule has 100 valence electrons. The van der Waals surface area contributed by atoms with Gasteiger partial charge in [-0.15, -0.1) is 0 Å². The summed E-state index contributed by atoms with van der Waals surface area (Å²) in [4.78, 5) is 0. The van der Waals surface area contributed by atoms with E-state index in [0.29, 0.717) is 12.3 Å². The van der Waals surface area contributed by atoms with Gasteiger partial charge in [-0.25, -0.2) is 0 Å². The highest BCUT2D eigenvalue weighted by Gasteiger charge is 2.34. The topological polar surface area (TPSA) is 33.4 Å². The lowest BCUT2D eigenvalue weighted by Gasteiger charge is -2.40. The molecule has 0 saturated heterocycles. The van der Waals surface area contributed by atoms with Gasteiger partial charge in [-0.3, -0.25) is 0 Å². The Hall–Kier alpha value is -0.760. The SMILES string of the molecule is OC(Cc1ccco1)C1CCC2CCCCC2C1. The second-order valence-corrected chi connectivity index (χ2v) is 6.23. The number of rotatable bonds is 3. The first-order chi connectivity index (χ1) is 8.83. The Morgan fingerprint density at radius 3 is 2.78 bits per heavy atom. The first-order valence-electron chi connectivity index (χ1n) is 7.53. The van der Waals surface area contributed by atoms with E-state index in [1.807, 2.05) is 12.1 Å². The van der Waals surface area contributed by atoms with E-state index in [1.54, 1.807) is 6.26 Å². The highest BCUT2D eigenvalue weighted by atomic mass is 16.3. The Bertz CT molecular complexity index is 357. The summed E-state index contributed by atoms with van der Waals surface area (Å²) in [6.07, 6.45) is 11.6. The summed E-state index contributed by atoms with van der Waals surface area (Å²) in [6.45, 7) is 0. The fourth-order valence-corrected chi connectivity index (χ4v) is 4.06. The van der Waals surface area contributed by atoms with E-state index in [4.69, 9.17) is 4.42 Å². The molecule has 0 aliphatic heterocycles. The van der Waals surface area contributed by atoms with E-state index in [0.717, 1.165) is 17.6 Å². The average molecular weight is 248 g/mol. The van der Waals surface area contributed by atoms with Crippen molar-refractivity contribution in [2.45, 2.75) is 57.5 Å². The zero-order valence-corrected chi connectivity index (χ0v) is 11.1. The second kappa shape index (κ2) is 5.48. The Balaban J connectivity index is 1.56. The minimum atomic E-state index is -0.209. The Morgan fingerprint density at radius 1 is 1.17 bits per heavy atom. The molecule has 2 aliphatic rings. The molecule has 2 nitrogen and oxygen atoms in total. The predicted octanol–water partition coefficient (Wildman–Crippen LogP) is 3.79. The summed E-state index contributed by atoms with van der Waals surface area (Å²) < 4.78 is 5.34. The van der Waals surface area contributed by atoms with E-state index < -0.39 is 0 Å².